The molecule has 196 valence electrons. The number of hydrogen-bond donors (Lipinski definition) is 3. The standard InChI is InChI=1S/C33H28O6/c1-14-7-18-16(10-24(14)34)17-9-21(30(38)32(3,4)22(17)12-26(18)36)29-28-20-11-25(35)15(2)8-19(20)27(37)13-23(28)33(5,6)31(29)39/h7-13,34-35,37H,1-6H3/b29-21-. The first kappa shape index (κ1) is 24.9. The van der Waals surface area contributed by atoms with Crippen molar-refractivity contribution in [2.24, 2.45) is 5.41 Å². The monoisotopic (exact) mass is 520 g/mol. The van der Waals surface area contributed by atoms with Crippen molar-refractivity contribution in [2.75, 3.05) is 0 Å². The lowest BCUT2D eigenvalue weighted by Crippen LogP contribution is -2.35. The van der Waals surface area contributed by atoms with Crippen LogP contribution in [0.5, 0.6) is 17.2 Å². The van der Waals surface area contributed by atoms with E-state index < -0.39 is 10.8 Å². The zero-order valence-corrected chi connectivity index (χ0v) is 22.6. The Balaban J connectivity index is 1.77. The van der Waals surface area contributed by atoms with Gasteiger partial charge in [-0.05, 0) is 128 Å². The molecule has 0 bridgehead atoms. The summed E-state index contributed by atoms with van der Waals surface area (Å²) in [6.45, 7) is 10.4. The molecule has 3 N–H and O–H groups in total. The predicted octanol–water partition coefficient (Wildman–Crippen LogP) is 6.00. The third-order valence-corrected chi connectivity index (χ3v) is 8.65. The minimum Gasteiger partial charge on any atom is -0.508 e. The molecule has 3 aliphatic rings. The van der Waals surface area contributed by atoms with Crippen LogP contribution in [-0.4, -0.2) is 32.7 Å². The van der Waals surface area contributed by atoms with E-state index in [1.807, 2.05) is 0 Å². The van der Waals surface area contributed by atoms with Gasteiger partial charge in [-0.3, -0.25) is 14.4 Å². The third kappa shape index (κ3) is 3.11. The van der Waals surface area contributed by atoms with Crippen molar-refractivity contribution in [2.45, 2.75) is 47.0 Å². The van der Waals surface area contributed by atoms with E-state index in [4.69, 9.17) is 0 Å². The van der Waals surface area contributed by atoms with E-state index in [1.165, 1.54) is 18.2 Å². The summed E-state index contributed by atoms with van der Waals surface area (Å²) in [6, 6.07) is 7.95. The maximum Gasteiger partial charge on any atom is 0.186 e. The Bertz CT molecular complexity index is 1840. The van der Waals surface area contributed by atoms with Crippen LogP contribution in [0.25, 0.3) is 21.9 Å². The van der Waals surface area contributed by atoms with Gasteiger partial charge >= 0.3 is 0 Å². The molecule has 0 amide bonds. The van der Waals surface area contributed by atoms with Crippen LogP contribution < -0.4 is 0 Å². The van der Waals surface area contributed by atoms with Crippen molar-refractivity contribution in [3.63, 3.8) is 0 Å². The van der Waals surface area contributed by atoms with E-state index in [0.29, 0.717) is 55.3 Å². The molecule has 0 aliphatic heterocycles. The molecule has 0 saturated heterocycles. The van der Waals surface area contributed by atoms with Crippen LogP contribution in [0.3, 0.4) is 0 Å². The van der Waals surface area contributed by atoms with Gasteiger partial charge in [-0.1, -0.05) is 0 Å². The highest BCUT2D eigenvalue weighted by molar-refractivity contribution is 6.38. The molecule has 6 nitrogen and oxygen atoms in total. The highest BCUT2D eigenvalue weighted by atomic mass is 16.3. The predicted molar refractivity (Wildman–Crippen MR) is 149 cm³/mol. The lowest BCUT2D eigenvalue weighted by atomic mass is 9.64. The molecular formula is C33H28O6. The van der Waals surface area contributed by atoms with E-state index in [0.717, 1.165) is 0 Å². The summed E-state index contributed by atoms with van der Waals surface area (Å²) in [5.41, 5.74) is 2.53. The van der Waals surface area contributed by atoms with Crippen LogP contribution in [0.2, 0.25) is 0 Å². The zero-order valence-electron chi connectivity index (χ0n) is 22.6. The fourth-order valence-corrected chi connectivity index (χ4v) is 6.20. The number of aryl methyl sites for hydroxylation is 2. The van der Waals surface area contributed by atoms with E-state index >= 15 is 0 Å². The van der Waals surface area contributed by atoms with Crippen LogP contribution in [0.4, 0.5) is 0 Å². The van der Waals surface area contributed by atoms with Crippen LogP contribution in [0, 0.1) is 19.3 Å². The van der Waals surface area contributed by atoms with Crippen molar-refractivity contribution >= 4 is 39.3 Å². The van der Waals surface area contributed by atoms with E-state index in [1.54, 1.807) is 65.8 Å². The minimum atomic E-state index is -1.14. The van der Waals surface area contributed by atoms with Gasteiger partial charge in [-0.25, -0.2) is 0 Å². The Morgan fingerprint density at radius 1 is 0.641 bits per heavy atom. The zero-order chi connectivity index (χ0) is 28.3. The van der Waals surface area contributed by atoms with Crippen LogP contribution in [0.1, 0.15) is 65.9 Å². The fraction of sp³-hybridized carbons (Fsp3) is 0.242. The number of phenols is 3. The molecule has 0 atom stereocenters. The number of aromatic hydroxyl groups is 3. The molecule has 0 fully saturated rings. The SMILES string of the molecule is Cc1cc2c(cc1O)C1=C/C(=C3/C(=O)C(C)(C)c4cc(O)c5cc(C)c(O)cc5c43)C(=O)C(C)(C)C1=CC2=O. The van der Waals surface area contributed by atoms with Gasteiger partial charge < -0.3 is 15.3 Å². The van der Waals surface area contributed by atoms with Gasteiger partial charge in [0, 0.05) is 22.1 Å². The number of carbonyl (C=O) groups excluding carboxylic acids is 3. The third-order valence-electron chi connectivity index (χ3n) is 8.65. The van der Waals surface area contributed by atoms with Crippen molar-refractivity contribution in [3.8, 4) is 17.2 Å². The average Bonchev–Trinajstić information content (AvgIpc) is 3.05. The van der Waals surface area contributed by atoms with Crippen molar-refractivity contribution in [3.05, 3.63) is 87.0 Å². The number of Topliss-reactive ketones (excluding diaryl/α,β-unsaturated/α-hetero) is 2. The second kappa shape index (κ2) is 7.56. The van der Waals surface area contributed by atoms with Crippen molar-refractivity contribution < 1.29 is 29.7 Å². The summed E-state index contributed by atoms with van der Waals surface area (Å²) in [7, 11) is 0. The topological polar surface area (TPSA) is 112 Å². The van der Waals surface area contributed by atoms with Gasteiger partial charge in [-0.2, -0.15) is 0 Å². The normalized spacial score (nSPS) is 20.9. The molecule has 3 aromatic rings. The number of phenolic OH excluding ortho intramolecular Hbond substituents is 3. The molecule has 0 spiro atoms. The highest BCUT2D eigenvalue weighted by Crippen LogP contribution is 2.54. The number of hydrogen-bond acceptors (Lipinski definition) is 6. The summed E-state index contributed by atoms with van der Waals surface area (Å²) >= 11 is 0. The maximum atomic E-state index is 14.2. The Kier molecular flexibility index (Phi) is 4.82. The molecule has 3 aliphatic carbocycles. The molecule has 39 heavy (non-hydrogen) atoms. The van der Waals surface area contributed by atoms with Crippen LogP contribution >= 0.6 is 0 Å². The number of carbonyl (C=O) groups is 3. The summed E-state index contributed by atoms with van der Waals surface area (Å²) in [6.07, 6.45) is 3.14. The van der Waals surface area contributed by atoms with Crippen molar-refractivity contribution in [1.82, 2.24) is 0 Å². The molecule has 3 aromatic carbocycles. The lowest BCUT2D eigenvalue weighted by molar-refractivity contribution is -0.122. The summed E-state index contributed by atoms with van der Waals surface area (Å²) in [4.78, 5) is 41.3. The van der Waals surface area contributed by atoms with Gasteiger partial charge in [0.25, 0.3) is 0 Å². The molecule has 0 unspecified atom stereocenters. The number of allylic oxidation sites excluding steroid dienone is 6. The number of ketones is 3. The average molecular weight is 521 g/mol. The van der Waals surface area contributed by atoms with Crippen molar-refractivity contribution in [1.29, 1.82) is 0 Å². The molecule has 0 saturated carbocycles. The largest absolute Gasteiger partial charge is 0.508 e. The number of benzene rings is 3. The van der Waals surface area contributed by atoms with Crippen LogP contribution in [0.15, 0.2) is 53.6 Å². The number of rotatable bonds is 0. The maximum absolute atomic E-state index is 14.2. The second-order valence-electron chi connectivity index (χ2n) is 11.9. The number of fused-ring (bicyclic) bond motifs is 6. The highest BCUT2D eigenvalue weighted by Gasteiger charge is 2.49. The lowest BCUT2D eigenvalue weighted by Gasteiger charge is -2.36. The molecule has 6 rings (SSSR count). The Morgan fingerprint density at radius 2 is 1.28 bits per heavy atom. The van der Waals surface area contributed by atoms with E-state index in [9.17, 15) is 29.7 Å². The molecule has 0 aromatic heterocycles. The van der Waals surface area contributed by atoms with Crippen LogP contribution in [-0.2, 0) is 15.0 Å². The second-order valence-corrected chi connectivity index (χ2v) is 11.9. The van der Waals surface area contributed by atoms with Gasteiger partial charge in [0.15, 0.2) is 17.3 Å². The first-order chi connectivity index (χ1) is 18.2. The Morgan fingerprint density at radius 3 is 1.97 bits per heavy atom. The smallest absolute Gasteiger partial charge is 0.186 e. The first-order valence-electron chi connectivity index (χ1n) is 12.8. The molecular weight excluding hydrogens is 492 g/mol. The summed E-state index contributed by atoms with van der Waals surface area (Å²) in [5.74, 6) is -0.789. The minimum absolute atomic E-state index is 0.0107. The van der Waals surface area contributed by atoms with Gasteiger partial charge in [0.2, 0.25) is 0 Å². The summed E-state index contributed by atoms with van der Waals surface area (Å²) < 4.78 is 0. The van der Waals surface area contributed by atoms with E-state index in [-0.39, 0.29) is 45.7 Å². The van der Waals surface area contributed by atoms with E-state index in [2.05, 4.69) is 0 Å². The molecule has 0 heterocycles. The van der Waals surface area contributed by atoms with Gasteiger partial charge in [-0.15, -0.1) is 0 Å². The summed E-state index contributed by atoms with van der Waals surface area (Å²) in [5, 5.41) is 32.9. The quantitative estimate of drug-likeness (QED) is 0.313. The fourth-order valence-electron chi connectivity index (χ4n) is 6.20. The van der Waals surface area contributed by atoms with Gasteiger partial charge in [0.1, 0.15) is 17.2 Å². The Hall–Kier alpha value is -4.45. The molecule has 0 radical (unpaired) electrons. The van der Waals surface area contributed by atoms with Gasteiger partial charge in [0.05, 0.1) is 10.8 Å². The Labute approximate surface area is 225 Å². The first-order valence-corrected chi connectivity index (χ1v) is 12.8. The molecule has 6 heteroatoms.